The molecule has 4 nitrogen and oxygen atoms in total. The Morgan fingerprint density at radius 2 is 2.21 bits per heavy atom. The van der Waals surface area contributed by atoms with Crippen LogP contribution in [-0.4, -0.2) is 21.5 Å². The number of amides is 1. The Balaban J connectivity index is 2.38. The van der Waals surface area contributed by atoms with Crippen LogP contribution in [0.25, 0.3) is 11.0 Å². The summed E-state index contributed by atoms with van der Waals surface area (Å²) in [5.41, 5.74) is 1.61. The van der Waals surface area contributed by atoms with Crippen molar-refractivity contribution in [2.24, 2.45) is 0 Å². The number of benzene rings is 1. The molecule has 0 aliphatic rings. The van der Waals surface area contributed by atoms with Crippen molar-refractivity contribution in [3.63, 3.8) is 0 Å². The van der Waals surface area contributed by atoms with Crippen LogP contribution in [0.3, 0.4) is 0 Å². The lowest BCUT2D eigenvalue weighted by atomic mass is 10.3. The molecule has 1 heterocycles. The van der Waals surface area contributed by atoms with Gasteiger partial charge < -0.3 is 9.88 Å². The van der Waals surface area contributed by atoms with Gasteiger partial charge in [-0.05, 0) is 32.0 Å². The first kappa shape index (κ1) is 14.2. The van der Waals surface area contributed by atoms with E-state index in [0.29, 0.717) is 10.8 Å². The molecule has 2 rings (SSSR count). The Labute approximate surface area is 121 Å². The lowest BCUT2D eigenvalue weighted by Crippen LogP contribution is -2.33. The molecule has 2 aromatic rings. The van der Waals surface area contributed by atoms with E-state index in [2.05, 4.69) is 10.3 Å². The van der Waals surface area contributed by atoms with E-state index in [-0.39, 0.29) is 24.4 Å². The number of aromatic nitrogens is 2. The number of carbonyl (C=O) groups is 1. The van der Waals surface area contributed by atoms with Crippen molar-refractivity contribution in [1.29, 1.82) is 0 Å². The molecule has 1 amide bonds. The van der Waals surface area contributed by atoms with Gasteiger partial charge in [0.05, 0.1) is 16.9 Å². The van der Waals surface area contributed by atoms with Crippen LogP contribution in [0, 0.1) is 0 Å². The molecule has 0 fully saturated rings. The van der Waals surface area contributed by atoms with Crippen molar-refractivity contribution in [2.45, 2.75) is 32.3 Å². The predicted molar refractivity (Wildman–Crippen MR) is 77.6 cm³/mol. The van der Waals surface area contributed by atoms with Crippen molar-refractivity contribution < 1.29 is 4.79 Å². The average Bonchev–Trinajstić information content (AvgIpc) is 2.65. The summed E-state index contributed by atoms with van der Waals surface area (Å²) < 4.78 is 1.82. The van der Waals surface area contributed by atoms with Gasteiger partial charge in [-0.3, -0.25) is 4.79 Å². The van der Waals surface area contributed by atoms with Gasteiger partial charge in [0.15, 0.2) is 0 Å². The van der Waals surface area contributed by atoms with Gasteiger partial charge in [0.25, 0.3) is 0 Å². The minimum Gasteiger partial charge on any atom is -0.352 e. The number of halogens is 2. The van der Waals surface area contributed by atoms with Gasteiger partial charge in [-0.1, -0.05) is 11.6 Å². The van der Waals surface area contributed by atoms with Crippen molar-refractivity contribution in [2.75, 3.05) is 0 Å². The Morgan fingerprint density at radius 1 is 1.47 bits per heavy atom. The third kappa shape index (κ3) is 3.19. The van der Waals surface area contributed by atoms with Gasteiger partial charge in [0, 0.05) is 11.1 Å². The average molecular weight is 300 g/mol. The van der Waals surface area contributed by atoms with E-state index in [1.54, 1.807) is 12.1 Å². The maximum Gasteiger partial charge on any atom is 0.240 e. The van der Waals surface area contributed by atoms with E-state index in [1.807, 2.05) is 24.5 Å². The Morgan fingerprint density at radius 3 is 2.84 bits per heavy atom. The third-order valence-corrected chi connectivity index (χ3v) is 3.13. The lowest BCUT2D eigenvalue weighted by molar-refractivity contribution is -0.122. The van der Waals surface area contributed by atoms with E-state index in [9.17, 15) is 4.79 Å². The maximum absolute atomic E-state index is 11.9. The highest BCUT2D eigenvalue weighted by molar-refractivity contribution is 6.31. The van der Waals surface area contributed by atoms with Gasteiger partial charge in [0.2, 0.25) is 5.91 Å². The summed E-state index contributed by atoms with van der Waals surface area (Å²) in [5.74, 6) is 0.856. The minimum atomic E-state index is -0.0596. The van der Waals surface area contributed by atoms with Crippen molar-refractivity contribution in [3.05, 3.63) is 29.0 Å². The molecule has 6 heteroatoms. The number of nitrogens with one attached hydrogen (secondary N) is 1. The van der Waals surface area contributed by atoms with Crippen molar-refractivity contribution in [1.82, 2.24) is 14.9 Å². The smallest absolute Gasteiger partial charge is 0.240 e. The fourth-order valence-electron chi connectivity index (χ4n) is 1.94. The second-order valence-electron chi connectivity index (χ2n) is 4.60. The number of fused-ring (bicyclic) bond motifs is 1. The largest absolute Gasteiger partial charge is 0.352 e. The fourth-order valence-corrected chi connectivity index (χ4v) is 2.31. The van der Waals surface area contributed by atoms with E-state index >= 15 is 0 Å². The molecule has 0 atom stereocenters. The van der Waals surface area contributed by atoms with E-state index < -0.39 is 0 Å². The molecule has 0 saturated carbocycles. The van der Waals surface area contributed by atoms with Crippen LogP contribution >= 0.6 is 23.2 Å². The van der Waals surface area contributed by atoms with Crippen LogP contribution in [0.5, 0.6) is 0 Å². The Hall–Kier alpha value is -1.26. The molecular formula is C13H15Cl2N3O. The van der Waals surface area contributed by atoms with Crippen LogP contribution in [0.15, 0.2) is 18.2 Å². The first-order valence-electron chi connectivity index (χ1n) is 6.01. The second kappa shape index (κ2) is 5.80. The maximum atomic E-state index is 11.9. The monoisotopic (exact) mass is 299 g/mol. The molecule has 0 spiro atoms. The summed E-state index contributed by atoms with van der Waals surface area (Å²) in [5, 5.41) is 3.47. The predicted octanol–water partition coefficient (Wildman–Crippen LogP) is 2.95. The highest BCUT2D eigenvalue weighted by Crippen LogP contribution is 2.21. The molecule has 0 saturated heterocycles. The van der Waals surface area contributed by atoms with E-state index in [1.165, 1.54) is 0 Å². The third-order valence-electron chi connectivity index (χ3n) is 2.66. The lowest BCUT2D eigenvalue weighted by Gasteiger charge is -2.11. The van der Waals surface area contributed by atoms with Crippen LogP contribution < -0.4 is 5.32 Å². The second-order valence-corrected chi connectivity index (χ2v) is 5.31. The normalized spacial score (nSPS) is 11.2. The van der Waals surface area contributed by atoms with Gasteiger partial charge in [-0.2, -0.15) is 0 Å². The number of alkyl halides is 1. The molecular weight excluding hydrogens is 285 g/mol. The molecule has 1 aromatic carbocycles. The molecule has 102 valence electrons. The number of imidazole rings is 1. The zero-order chi connectivity index (χ0) is 14.0. The minimum absolute atomic E-state index is 0.0596. The summed E-state index contributed by atoms with van der Waals surface area (Å²) in [4.78, 5) is 16.3. The zero-order valence-corrected chi connectivity index (χ0v) is 12.3. The molecule has 1 aromatic heterocycles. The quantitative estimate of drug-likeness (QED) is 0.882. The molecule has 0 aliphatic carbocycles. The molecule has 0 unspecified atom stereocenters. The molecule has 1 N–H and O–H groups in total. The first-order chi connectivity index (χ1) is 9.01. The molecule has 0 radical (unpaired) electrons. The fraction of sp³-hybridized carbons (Fsp3) is 0.385. The SMILES string of the molecule is CC(C)NC(=O)Cn1c(CCl)nc2cc(Cl)ccc21. The van der Waals surface area contributed by atoms with E-state index in [0.717, 1.165) is 11.0 Å². The van der Waals surface area contributed by atoms with Gasteiger partial charge in [0.1, 0.15) is 12.4 Å². The summed E-state index contributed by atoms with van der Waals surface area (Å²) >= 11 is 11.8. The number of hydrogen-bond donors (Lipinski definition) is 1. The summed E-state index contributed by atoms with van der Waals surface area (Å²) in [6.45, 7) is 4.05. The Bertz CT molecular complexity index is 607. The number of rotatable bonds is 4. The van der Waals surface area contributed by atoms with Crippen LogP contribution in [0.4, 0.5) is 0 Å². The van der Waals surface area contributed by atoms with Crippen molar-refractivity contribution >= 4 is 40.1 Å². The highest BCUT2D eigenvalue weighted by Gasteiger charge is 2.13. The zero-order valence-electron chi connectivity index (χ0n) is 10.8. The number of hydrogen-bond acceptors (Lipinski definition) is 2. The number of carbonyl (C=O) groups excluding carboxylic acids is 1. The molecule has 0 aliphatic heterocycles. The number of nitrogens with zero attached hydrogens (tertiary/aromatic N) is 2. The first-order valence-corrected chi connectivity index (χ1v) is 6.92. The topological polar surface area (TPSA) is 46.9 Å². The summed E-state index contributed by atoms with van der Waals surface area (Å²) in [6, 6.07) is 5.50. The van der Waals surface area contributed by atoms with Gasteiger partial charge in [-0.25, -0.2) is 4.98 Å². The van der Waals surface area contributed by atoms with Crippen LogP contribution in [-0.2, 0) is 17.2 Å². The van der Waals surface area contributed by atoms with Gasteiger partial charge >= 0.3 is 0 Å². The van der Waals surface area contributed by atoms with Crippen LogP contribution in [0.2, 0.25) is 5.02 Å². The van der Waals surface area contributed by atoms with Crippen LogP contribution in [0.1, 0.15) is 19.7 Å². The Kier molecular flexibility index (Phi) is 4.32. The van der Waals surface area contributed by atoms with Gasteiger partial charge in [-0.15, -0.1) is 11.6 Å². The molecule has 0 bridgehead atoms. The standard InChI is InChI=1S/C13H15Cl2N3O/c1-8(2)16-13(19)7-18-11-4-3-9(15)5-10(11)17-12(18)6-14/h3-5,8H,6-7H2,1-2H3,(H,16,19). The summed E-state index contributed by atoms with van der Waals surface area (Å²) in [6.07, 6.45) is 0. The van der Waals surface area contributed by atoms with E-state index in [4.69, 9.17) is 23.2 Å². The molecule has 19 heavy (non-hydrogen) atoms. The van der Waals surface area contributed by atoms with Crippen molar-refractivity contribution in [3.8, 4) is 0 Å². The highest BCUT2D eigenvalue weighted by atomic mass is 35.5. The summed E-state index contributed by atoms with van der Waals surface area (Å²) in [7, 11) is 0.